The molecule has 0 fully saturated rings. The van der Waals surface area contributed by atoms with Crippen molar-refractivity contribution < 1.29 is 13.9 Å². The van der Waals surface area contributed by atoms with Crippen molar-refractivity contribution in [3.05, 3.63) is 48.3 Å². The maximum absolute atomic E-state index is 12.7. The summed E-state index contributed by atoms with van der Waals surface area (Å²) in [6.07, 6.45) is 1.72. The first-order valence-corrected chi connectivity index (χ1v) is 4.88. The zero-order valence-electron chi connectivity index (χ0n) is 9.07. The second kappa shape index (κ2) is 5.90. The van der Waals surface area contributed by atoms with Crippen LogP contribution in [0.4, 0.5) is 9.18 Å². The molecule has 0 radical (unpaired) electrons. The van der Waals surface area contributed by atoms with Gasteiger partial charge < -0.3 is 10.1 Å². The predicted molar refractivity (Wildman–Crippen MR) is 59.5 cm³/mol. The molecule has 0 bridgehead atoms. The lowest BCUT2D eigenvalue weighted by Gasteiger charge is -2.16. The van der Waals surface area contributed by atoms with Gasteiger partial charge in [0.1, 0.15) is 5.82 Å². The van der Waals surface area contributed by atoms with E-state index in [0.717, 1.165) is 5.56 Å². The van der Waals surface area contributed by atoms with E-state index in [9.17, 15) is 9.18 Å². The molecule has 1 rings (SSSR count). The number of rotatable bonds is 4. The average Bonchev–Trinajstić information content (AvgIpc) is 2.29. The minimum absolute atomic E-state index is 0.245. The summed E-state index contributed by atoms with van der Waals surface area (Å²) in [5.74, 6) is -0.306. The van der Waals surface area contributed by atoms with Gasteiger partial charge in [-0.1, -0.05) is 18.2 Å². The van der Waals surface area contributed by atoms with Gasteiger partial charge in [-0.15, -0.1) is 6.58 Å². The van der Waals surface area contributed by atoms with E-state index < -0.39 is 6.09 Å². The van der Waals surface area contributed by atoms with Crippen molar-refractivity contribution >= 4 is 6.09 Å². The normalized spacial score (nSPS) is 11.6. The van der Waals surface area contributed by atoms with Gasteiger partial charge in [-0.3, -0.25) is 0 Å². The lowest BCUT2D eigenvalue weighted by Crippen LogP contribution is -2.27. The molecule has 1 amide bonds. The molecule has 0 aliphatic rings. The van der Waals surface area contributed by atoms with Gasteiger partial charge in [-0.05, 0) is 24.1 Å². The summed E-state index contributed by atoms with van der Waals surface area (Å²) >= 11 is 0. The van der Waals surface area contributed by atoms with Gasteiger partial charge in [0.25, 0.3) is 0 Å². The molecule has 86 valence electrons. The van der Waals surface area contributed by atoms with Gasteiger partial charge in [0, 0.05) is 0 Å². The number of carbonyl (C=O) groups is 1. The highest BCUT2D eigenvalue weighted by Crippen LogP contribution is 2.17. The summed E-state index contributed by atoms with van der Waals surface area (Å²) < 4.78 is 17.2. The zero-order chi connectivity index (χ0) is 12.0. The molecule has 0 saturated heterocycles. The van der Waals surface area contributed by atoms with E-state index in [1.54, 1.807) is 18.2 Å². The molecule has 1 N–H and O–H groups in total. The lowest BCUT2D eigenvalue weighted by molar-refractivity contribution is 0.166. The molecule has 4 heteroatoms. The second-order valence-electron chi connectivity index (χ2n) is 3.26. The van der Waals surface area contributed by atoms with Crippen LogP contribution in [0.1, 0.15) is 18.0 Å². The topological polar surface area (TPSA) is 38.3 Å². The van der Waals surface area contributed by atoms with Gasteiger partial charge in [-0.25, -0.2) is 9.18 Å². The third kappa shape index (κ3) is 3.38. The number of alkyl carbamates (subject to hydrolysis) is 1. The summed E-state index contributed by atoms with van der Waals surface area (Å²) in [6, 6.07) is 5.71. The van der Waals surface area contributed by atoms with E-state index in [2.05, 4.69) is 16.6 Å². The Morgan fingerprint density at radius 2 is 2.19 bits per heavy atom. The van der Waals surface area contributed by atoms with E-state index in [-0.39, 0.29) is 11.9 Å². The average molecular weight is 223 g/mol. The first-order chi connectivity index (χ1) is 7.67. The molecule has 1 aromatic rings. The predicted octanol–water partition coefficient (Wildman–Crippen LogP) is 2.80. The maximum Gasteiger partial charge on any atom is 0.407 e. The summed E-state index contributed by atoms with van der Waals surface area (Å²) in [5, 5.41) is 2.65. The zero-order valence-corrected chi connectivity index (χ0v) is 9.07. The van der Waals surface area contributed by atoms with Crippen LogP contribution in [0.5, 0.6) is 0 Å². The number of benzene rings is 1. The second-order valence-corrected chi connectivity index (χ2v) is 3.26. The van der Waals surface area contributed by atoms with Gasteiger partial charge in [0.05, 0.1) is 13.2 Å². The Kier molecular flexibility index (Phi) is 4.51. The lowest BCUT2D eigenvalue weighted by atomic mass is 10.0. The fourth-order valence-corrected chi connectivity index (χ4v) is 1.34. The molecular formula is C12H14FNO2. The highest BCUT2D eigenvalue weighted by molar-refractivity contribution is 5.67. The maximum atomic E-state index is 12.7. The van der Waals surface area contributed by atoms with Crippen molar-refractivity contribution in [3.63, 3.8) is 0 Å². The van der Waals surface area contributed by atoms with E-state index in [0.29, 0.717) is 6.42 Å². The number of carbonyl (C=O) groups excluding carboxylic acids is 1. The van der Waals surface area contributed by atoms with Crippen LogP contribution in [-0.4, -0.2) is 13.2 Å². The van der Waals surface area contributed by atoms with Gasteiger partial charge in [0.15, 0.2) is 0 Å². The Morgan fingerprint density at radius 1 is 1.56 bits per heavy atom. The van der Waals surface area contributed by atoms with Crippen LogP contribution < -0.4 is 5.32 Å². The van der Waals surface area contributed by atoms with Crippen LogP contribution in [0.2, 0.25) is 0 Å². The summed E-state index contributed by atoms with van der Waals surface area (Å²) in [4.78, 5) is 11.1. The Labute approximate surface area is 93.9 Å². The number of hydrogen-bond donors (Lipinski definition) is 1. The molecule has 0 heterocycles. The number of halogens is 1. The van der Waals surface area contributed by atoms with E-state index in [1.807, 2.05) is 0 Å². The molecule has 0 aliphatic carbocycles. The van der Waals surface area contributed by atoms with E-state index in [1.165, 1.54) is 19.2 Å². The molecular weight excluding hydrogens is 209 g/mol. The first kappa shape index (κ1) is 12.2. The summed E-state index contributed by atoms with van der Waals surface area (Å²) in [5.41, 5.74) is 0.812. The fraction of sp³-hybridized carbons (Fsp3) is 0.250. The number of ether oxygens (including phenoxy) is 1. The third-order valence-corrected chi connectivity index (χ3v) is 2.15. The highest BCUT2D eigenvalue weighted by atomic mass is 19.1. The SMILES string of the molecule is C=CCC(NC(=O)OC)c1ccc(F)cc1. The van der Waals surface area contributed by atoms with Gasteiger partial charge in [-0.2, -0.15) is 0 Å². The number of methoxy groups -OCH3 is 1. The Bertz CT molecular complexity index is 362. The molecule has 0 spiro atoms. The Morgan fingerprint density at radius 3 is 2.69 bits per heavy atom. The van der Waals surface area contributed by atoms with Crippen molar-refractivity contribution in [2.75, 3.05) is 7.11 Å². The van der Waals surface area contributed by atoms with E-state index in [4.69, 9.17) is 0 Å². The smallest absolute Gasteiger partial charge is 0.407 e. The molecule has 0 aromatic heterocycles. The van der Waals surface area contributed by atoms with E-state index >= 15 is 0 Å². The molecule has 3 nitrogen and oxygen atoms in total. The van der Waals surface area contributed by atoms with Crippen molar-refractivity contribution in [2.45, 2.75) is 12.5 Å². The fourth-order valence-electron chi connectivity index (χ4n) is 1.34. The van der Waals surface area contributed by atoms with Crippen molar-refractivity contribution in [1.29, 1.82) is 0 Å². The first-order valence-electron chi connectivity index (χ1n) is 4.88. The largest absolute Gasteiger partial charge is 0.453 e. The van der Waals surface area contributed by atoms with Crippen molar-refractivity contribution in [3.8, 4) is 0 Å². The monoisotopic (exact) mass is 223 g/mol. The van der Waals surface area contributed by atoms with Crippen LogP contribution in [0, 0.1) is 5.82 Å². The van der Waals surface area contributed by atoms with Crippen LogP contribution in [0.15, 0.2) is 36.9 Å². The van der Waals surface area contributed by atoms with Gasteiger partial charge >= 0.3 is 6.09 Å². The molecule has 0 saturated carbocycles. The Balaban J connectivity index is 2.80. The Hall–Kier alpha value is -1.84. The summed E-state index contributed by atoms with van der Waals surface area (Å²) in [7, 11) is 1.30. The quantitative estimate of drug-likeness (QED) is 0.797. The molecule has 1 aromatic carbocycles. The minimum Gasteiger partial charge on any atom is -0.453 e. The van der Waals surface area contributed by atoms with Crippen LogP contribution in [-0.2, 0) is 4.74 Å². The van der Waals surface area contributed by atoms with Crippen molar-refractivity contribution in [2.24, 2.45) is 0 Å². The van der Waals surface area contributed by atoms with Crippen molar-refractivity contribution in [1.82, 2.24) is 5.32 Å². The van der Waals surface area contributed by atoms with Crippen LogP contribution >= 0.6 is 0 Å². The molecule has 1 atom stereocenters. The van der Waals surface area contributed by atoms with Gasteiger partial charge in [0.2, 0.25) is 0 Å². The molecule has 16 heavy (non-hydrogen) atoms. The minimum atomic E-state index is -0.517. The molecule has 0 aliphatic heterocycles. The number of hydrogen-bond acceptors (Lipinski definition) is 2. The third-order valence-electron chi connectivity index (χ3n) is 2.15. The number of amides is 1. The highest BCUT2D eigenvalue weighted by Gasteiger charge is 2.13. The standard InChI is InChI=1S/C12H14FNO2/c1-3-4-11(14-12(15)16-2)9-5-7-10(13)8-6-9/h3,5-8,11H,1,4H2,2H3,(H,14,15). The van der Waals surface area contributed by atoms with Crippen LogP contribution in [0.25, 0.3) is 0 Å². The summed E-state index contributed by atoms with van der Waals surface area (Å²) in [6.45, 7) is 3.61. The van der Waals surface area contributed by atoms with Crippen LogP contribution in [0.3, 0.4) is 0 Å². The number of nitrogens with one attached hydrogen (secondary N) is 1. The molecule has 1 unspecified atom stereocenters.